The van der Waals surface area contributed by atoms with Gasteiger partial charge in [-0.15, -0.1) is 0 Å². The van der Waals surface area contributed by atoms with Gasteiger partial charge >= 0.3 is 0 Å². The van der Waals surface area contributed by atoms with Crippen molar-refractivity contribution in [1.82, 2.24) is 9.97 Å². The Morgan fingerprint density at radius 3 is 2.39 bits per heavy atom. The summed E-state index contributed by atoms with van der Waals surface area (Å²) in [5.74, 6) is 1.14. The van der Waals surface area contributed by atoms with Crippen LogP contribution >= 0.6 is 0 Å². The molecule has 0 saturated heterocycles. The number of rotatable bonds is 2. The van der Waals surface area contributed by atoms with E-state index in [9.17, 15) is 0 Å². The number of fused-ring (bicyclic) bond motifs is 2. The van der Waals surface area contributed by atoms with Gasteiger partial charge in [0, 0.05) is 17.0 Å². The number of nitrogen functional groups attached to an aromatic ring is 1. The smallest absolute Gasteiger partial charge is 0.223 e. The highest BCUT2D eigenvalue weighted by Crippen LogP contribution is 2.49. The lowest BCUT2D eigenvalue weighted by Gasteiger charge is -2.36. The molecule has 3 aliphatic carbocycles. The van der Waals surface area contributed by atoms with E-state index in [1.165, 1.54) is 49.8 Å². The number of aromatic nitrogens is 2. The van der Waals surface area contributed by atoms with Gasteiger partial charge in [-0.1, -0.05) is 12.8 Å². The standard InChI is InChI=1S/C18H28N4O/c19-12-5-7-13(8-6-12)23-16-14-4-3-11-18(9-1-2-10-18)15(14)21-17(20)22-16/h12-13H,1-11,19H2,(H2,20,21,22). The lowest BCUT2D eigenvalue weighted by molar-refractivity contribution is 0.138. The highest BCUT2D eigenvalue weighted by molar-refractivity contribution is 5.42. The van der Waals surface area contributed by atoms with E-state index in [1.807, 2.05) is 0 Å². The maximum atomic E-state index is 6.30. The molecule has 0 atom stereocenters. The van der Waals surface area contributed by atoms with Gasteiger partial charge in [0.2, 0.25) is 11.8 Å². The number of hydrogen-bond acceptors (Lipinski definition) is 5. The number of hydrogen-bond donors (Lipinski definition) is 2. The van der Waals surface area contributed by atoms with Crippen LogP contribution in [0.4, 0.5) is 5.95 Å². The third kappa shape index (κ3) is 2.80. The zero-order valence-electron chi connectivity index (χ0n) is 13.9. The van der Waals surface area contributed by atoms with Crippen molar-refractivity contribution in [2.75, 3.05) is 5.73 Å². The van der Waals surface area contributed by atoms with Crippen LogP contribution in [0.3, 0.4) is 0 Å². The molecule has 1 aromatic rings. The van der Waals surface area contributed by atoms with Crippen LogP contribution in [0.1, 0.15) is 75.5 Å². The lowest BCUT2D eigenvalue weighted by atomic mass is 9.72. The fraction of sp³-hybridized carbons (Fsp3) is 0.778. The van der Waals surface area contributed by atoms with Gasteiger partial charge in [0.1, 0.15) is 6.10 Å². The highest BCUT2D eigenvalue weighted by Gasteiger charge is 2.42. The Labute approximate surface area is 138 Å². The molecule has 4 N–H and O–H groups in total. The average Bonchev–Trinajstić information content (AvgIpc) is 3.00. The maximum absolute atomic E-state index is 6.30. The van der Waals surface area contributed by atoms with Gasteiger partial charge in [-0.2, -0.15) is 4.98 Å². The zero-order chi connectivity index (χ0) is 15.9. The van der Waals surface area contributed by atoms with E-state index in [0.29, 0.717) is 12.0 Å². The zero-order valence-corrected chi connectivity index (χ0v) is 13.9. The van der Waals surface area contributed by atoms with E-state index >= 15 is 0 Å². The minimum atomic E-state index is 0.231. The SMILES string of the molecule is Nc1nc(OC2CCC(N)CC2)c2c(n1)C1(CCCC1)CCC2. The van der Waals surface area contributed by atoms with E-state index in [0.717, 1.165) is 38.0 Å². The van der Waals surface area contributed by atoms with Crippen molar-refractivity contribution in [3.8, 4) is 5.88 Å². The monoisotopic (exact) mass is 316 g/mol. The van der Waals surface area contributed by atoms with Crippen molar-refractivity contribution in [3.63, 3.8) is 0 Å². The van der Waals surface area contributed by atoms with E-state index < -0.39 is 0 Å². The van der Waals surface area contributed by atoms with Crippen LogP contribution in [0.25, 0.3) is 0 Å². The van der Waals surface area contributed by atoms with Gasteiger partial charge in [0.15, 0.2) is 0 Å². The van der Waals surface area contributed by atoms with Crippen molar-refractivity contribution >= 4 is 5.95 Å². The fourth-order valence-corrected chi connectivity index (χ4v) is 4.87. The molecular weight excluding hydrogens is 288 g/mol. The topological polar surface area (TPSA) is 87.0 Å². The van der Waals surface area contributed by atoms with E-state index in [2.05, 4.69) is 9.97 Å². The third-order valence-corrected chi connectivity index (χ3v) is 6.13. The van der Waals surface area contributed by atoms with Crippen molar-refractivity contribution < 1.29 is 4.74 Å². The molecule has 1 aromatic heterocycles. The van der Waals surface area contributed by atoms with Crippen LogP contribution < -0.4 is 16.2 Å². The van der Waals surface area contributed by atoms with Gasteiger partial charge in [-0.3, -0.25) is 0 Å². The molecule has 0 aromatic carbocycles. The van der Waals surface area contributed by atoms with E-state index in [-0.39, 0.29) is 11.5 Å². The van der Waals surface area contributed by atoms with Gasteiger partial charge in [-0.05, 0) is 57.8 Å². The first kappa shape index (κ1) is 15.2. The molecule has 126 valence electrons. The van der Waals surface area contributed by atoms with Crippen LogP contribution in [0, 0.1) is 0 Å². The van der Waals surface area contributed by atoms with Crippen molar-refractivity contribution in [3.05, 3.63) is 11.3 Å². The Kier molecular flexibility index (Phi) is 3.92. The van der Waals surface area contributed by atoms with Crippen LogP contribution in [-0.2, 0) is 11.8 Å². The van der Waals surface area contributed by atoms with E-state index in [4.69, 9.17) is 16.2 Å². The molecule has 5 nitrogen and oxygen atoms in total. The van der Waals surface area contributed by atoms with Gasteiger partial charge < -0.3 is 16.2 Å². The molecule has 0 radical (unpaired) electrons. The molecule has 2 fully saturated rings. The summed E-state index contributed by atoms with van der Waals surface area (Å²) in [5.41, 5.74) is 14.7. The normalized spacial score (nSPS) is 29.4. The molecule has 5 heteroatoms. The Hall–Kier alpha value is -1.36. The molecule has 4 rings (SSSR count). The molecule has 1 heterocycles. The van der Waals surface area contributed by atoms with Crippen LogP contribution in [0.15, 0.2) is 0 Å². The second-order valence-corrected chi connectivity index (χ2v) is 7.71. The predicted molar refractivity (Wildman–Crippen MR) is 90.4 cm³/mol. The Morgan fingerprint density at radius 1 is 0.957 bits per heavy atom. The number of nitrogens with two attached hydrogens (primary N) is 2. The summed E-state index contributed by atoms with van der Waals surface area (Å²) < 4.78 is 6.30. The number of nitrogens with zero attached hydrogens (tertiary/aromatic N) is 2. The molecule has 3 aliphatic rings. The first-order chi connectivity index (χ1) is 11.2. The van der Waals surface area contributed by atoms with Crippen molar-refractivity contribution in [2.45, 2.75) is 88.2 Å². The van der Waals surface area contributed by atoms with Gasteiger partial charge in [0.05, 0.1) is 5.69 Å². The molecule has 0 unspecified atom stereocenters. The average molecular weight is 316 g/mol. The number of ether oxygens (including phenoxy) is 1. The summed E-state index contributed by atoms with van der Waals surface area (Å²) in [6.45, 7) is 0. The van der Waals surface area contributed by atoms with Gasteiger partial charge in [0.25, 0.3) is 0 Å². The molecule has 2 saturated carbocycles. The summed E-state index contributed by atoms with van der Waals surface area (Å²) >= 11 is 0. The predicted octanol–water partition coefficient (Wildman–Crippen LogP) is 2.86. The quantitative estimate of drug-likeness (QED) is 0.876. The molecule has 0 aliphatic heterocycles. The summed E-state index contributed by atoms with van der Waals surface area (Å²) in [7, 11) is 0. The molecular formula is C18H28N4O. The highest BCUT2D eigenvalue weighted by atomic mass is 16.5. The van der Waals surface area contributed by atoms with Gasteiger partial charge in [-0.25, -0.2) is 4.98 Å². The number of anilines is 1. The maximum Gasteiger partial charge on any atom is 0.223 e. The van der Waals surface area contributed by atoms with Crippen LogP contribution in [-0.4, -0.2) is 22.1 Å². The summed E-state index contributed by atoms with van der Waals surface area (Å²) in [5, 5.41) is 0. The fourth-order valence-electron chi connectivity index (χ4n) is 4.87. The Balaban J connectivity index is 1.64. The van der Waals surface area contributed by atoms with Crippen LogP contribution in [0.2, 0.25) is 0 Å². The van der Waals surface area contributed by atoms with Crippen LogP contribution in [0.5, 0.6) is 5.88 Å². The van der Waals surface area contributed by atoms with Crippen molar-refractivity contribution in [2.24, 2.45) is 5.73 Å². The summed E-state index contributed by atoms with van der Waals surface area (Å²) in [4.78, 5) is 9.15. The first-order valence-corrected chi connectivity index (χ1v) is 9.25. The summed E-state index contributed by atoms with van der Waals surface area (Å²) in [6.07, 6.45) is 12.9. The lowest BCUT2D eigenvalue weighted by Crippen LogP contribution is -2.34. The summed E-state index contributed by atoms with van der Waals surface area (Å²) in [6, 6.07) is 0.334. The third-order valence-electron chi connectivity index (χ3n) is 6.13. The molecule has 23 heavy (non-hydrogen) atoms. The second kappa shape index (κ2) is 5.93. The molecule has 1 spiro atoms. The molecule has 0 amide bonds. The second-order valence-electron chi connectivity index (χ2n) is 7.71. The Bertz CT molecular complexity index is 575. The Morgan fingerprint density at radius 2 is 1.65 bits per heavy atom. The minimum Gasteiger partial charge on any atom is -0.474 e. The van der Waals surface area contributed by atoms with E-state index in [1.54, 1.807) is 0 Å². The largest absolute Gasteiger partial charge is 0.474 e. The van der Waals surface area contributed by atoms with Crippen molar-refractivity contribution in [1.29, 1.82) is 0 Å². The minimum absolute atomic E-state index is 0.231. The first-order valence-electron chi connectivity index (χ1n) is 9.25. The molecule has 0 bridgehead atoms.